The van der Waals surface area contributed by atoms with Crippen LogP contribution in [0.3, 0.4) is 0 Å². The zero-order valence-electron chi connectivity index (χ0n) is 18.6. The van der Waals surface area contributed by atoms with E-state index in [4.69, 9.17) is 5.10 Å². The molecule has 3 aromatic rings. The fourth-order valence-electron chi connectivity index (χ4n) is 4.74. The summed E-state index contributed by atoms with van der Waals surface area (Å²) < 4.78 is 27.0. The number of fused-ring (bicyclic) bond motifs is 1. The van der Waals surface area contributed by atoms with Gasteiger partial charge in [-0.05, 0) is 77.9 Å². The molecule has 1 fully saturated rings. The van der Waals surface area contributed by atoms with E-state index in [1.807, 2.05) is 36.4 Å². The molecule has 1 aliphatic carbocycles. The lowest BCUT2D eigenvalue weighted by Crippen LogP contribution is -2.31. The molecule has 2 unspecified atom stereocenters. The Hall–Kier alpha value is -3.86. The maximum atomic E-state index is 13.6. The van der Waals surface area contributed by atoms with Gasteiger partial charge in [0.1, 0.15) is 11.6 Å². The van der Waals surface area contributed by atoms with Crippen molar-refractivity contribution in [1.29, 1.82) is 0 Å². The van der Waals surface area contributed by atoms with Crippen molar-refractivity contribution in [1.82, 2.24) is 5.01 Å². The summed E-state index contributed by atoms with van der Waals surface area (Å²) >= 11 is 0. The second kappa shape index (κ2) is 9.56. The van der Waals surface area contributed by atoms with Gasteiger partial charge in [0.15, 0.2) is 0 Å². The van der Waals surface area contributed by atoms with Crippen molar-refractivity contribution in [3.05, 3.63) is 119 Å². The Labute approximate surface area is 197 Å². The van der Waals surface area contributed by atoms with Crippen molar-refractivity contribution in [3.8, 4) is 0 Å². The number of hydrogen-bond donors (Lipinski definition) is 0. The van der Waals surface area contributed by atoms with Crippen molar-refractivity contribution >= 4 is 23.8 Å². The van der Waals surface area contributed by atoms with Crippen molar-refractivity contribution in [2.45, 2.75) is 25.3 Å². The lowest BCUT2D eigenvalue weighted by atomic mass is 9.77. The number of benzene rings is 3. The van der Waals surface area contributed by atoms with Crippen molar-refractivity contribution in [2.24, 2.45) is 11.0 Å². The molecule has 2 atom stereocenters. The number of halogens is 2. The molecule has 3 nitrogen and oxygen atoms in total. The summed E-state index contributed by atoms with van der Waals surface area (Å²) in [5.74, 6) is -0.799. The van der Waals surface area contributed by atoms with Gasteiger partial charge >= 0.3 is 0 Å². The molecular weight excluding hydrogens is 430 g/mol. The van der Waals surface area contributed by atoms with Gasteiger partial charge in [-0.2, -0.15) is 5.10 Å². The Bertz CT molecular complexity index is 1260. The number of carbonyl (C=O) groups excluding carboxylic acids is 1. The van der Waals surface area contributed by atoms with E-state index in [0.29, 0.717) is 0 Å². The lowest BCUT2D eigenvalue weighted by molar-refractivity contribution is -0.128. The minimum absolute atomic E-state index is 0.0139. The predicted octanol–water partition coefficient (Wildman–Crippen LogP) is 6.80. The Kier molecular flexibility index (Phi) is 6.17. The molecule has 5 heteroatoms. The first-order chi connectivity index (χ1) is 16.6. The SMILES string of the molecule is O=C(/C=C/c1ccccc1)N1N=C2/C(=C/c3ccc(F)cc3)CCCC2C1c1ccc(F)cc1. The van der Waals surface area contributed by atoms with E-state index in [-0.39, 0.29) is 29.5 Å². The predicted molar refractivity (Wildman–Crippen MR) is 131 cm³/mol. The van der Waals surface area contributed by atoms with E-state index < -0.39 is 0 Å². The summed E-state index contributed by atoms with van der Waals surface area (Å²) in [6.07, 6.45) is 8.02. The van der Waals surface area contributed by atoms with E-state index in [1.165, 1.54) is 35.4 Å². The molecule has 0 bridgehead atoms. The maximum absolute atomic E-state index is 13.6. The van der Waals surface area contributed by atoms with Crippen LogP contribution in [0.1, 0.15) is 42.0 Å². The summed E-state index contributed by atoms with van der Waals surface area (Å²) in [4.78, 5) is 13.3. The number of carbonyl (C=O) groups is 1. The highest BCUT2D eigenvalue weighted by atomic mass is 19.1. The minimum atomic E-state index is -0.315. The molecule has 1 heterocycles. The van der Waals surface area contributed by atoms with Gasteiger partial charge < -0.3 is 0 Å². The van der Waals surface area contributed by atoms with Gasteiger partial charge in [-0.3, -0.25) is 4.79 Å². The molecule has 0 spiro atoms. The van der Waals surface area contributed by atoms with Gasteiger partial charge in [0.2, 0.25) is 0 Å². The quantitative estimate of drug-likeness (QED) is 0.399. The van der Waals surface area contributed by atoms with Crippen molar-refractivity contribution < 1.29 is 13.6 Å². The zero-order chi connectivity index (χ0) is 23.5. The van der Waals surface area contributed by atoms with Crippen LogP contribution in [-0.4, -0.2) is 16.6 Å². The number of rotatable bonds is 4. The van der Waals surface area contributed by atoms with Gasteiger partial charge in [-0.15, -0.1) is 0 Å². The molecule has 2 aliphatic rings. The van der Waals surface area contributed by atoms with Gasteiger partial charge in [0.25, 0.3) is 5.91 Å². The summed E-state index contributed by atoms with van der Waals surface area (Å²) in [7, 11) is 0. The van der Waals surface area contributed by atoms with Gasteiger partial charge in [0, 0.05) is 12.0 Å². The van der Waals surface area contributed by atoms with E-state index in [2.05, 4.69) is 0 Å². The third-order valence-corrected chi connectivity index (χ3v) is 6.37. The van der Waals surface area contributed by atoms with Crippen LogP contribution >= 0.6 is 0 Å². The van der Waals surface area contributed by atoms with Crippen LogP contribution in [0.2, 0.25) is 0 Å². The third-order valence-electron chi connectivity index (χ3n) is 6.37. The smallest absolute Gasteiger partial charge is 0.267 e. The molecule has 5 rings (SSSR count). The molecule has 170 valence electrons. The summed E-state index contributed by atoms with van der Waals surface area (Å²) in [5, 5.41) is 6.35. The number of nitrogens with zero attached hydrogens (tertiary/aromatic N) is 2. The first-order valence-corrected chi connectivity index (χ1v) is 11.5. The minimum Gasteiger partial charge on any atom is -0.268 e. The average molecular weight is 455 g/mol. The number of hydrazone groups is 1. The van der Waals surface area contributed by atoms with Gasteiger partial charge in [-0.25, -0.2) is 13.8 Å². The lowest BCUT2D eigenvalue weighted by Gasteiger charge is -2.29. The van der Waals surface area contributed by atoms with E-state index in [9.17, 15) is 13.6 Å². The van der Waals surface area contributed by atoms with Crippen LogP contribution < -0.4 is 0 Å². The monoisotopic (exact) mass is 454 g/mol. The average Bonchev–Trinajstić information content (AvgIpc) is 3.26. The van der Waals surface area contributed by atoms with Crippen LogP contribution in [0.4, 0.5) is 8.78 Å². The standard InChI is InChI=1S/C29H24F2N2O/c30-24-14-9-21(10-15-24)19-23-7-4-8-26-28(23)32-33(29(26)22-12-16-25(31)17-13-22)27(34)18-11-20-5-2-1-3-6-20/h1-3,5-6,9-19,26,29H,4,7-8H2/b18-11+,23-19+. The fraction of sp³-hybridized carbons (Fsp3) is 0.172. The molecule has 34 heavy (non-hydrogen) atoms. The van der Waals surface area contributed by atoms with Crippen LogP contribution in [0.25, 0.3) is 12.2 Å². The highest BCUT2D eigenvalue weighted by molar-refractivity contribution is 6.08. The second-order valence-electron chi connectivity index (χ2n) is 8.63. The summed E-state index contributed by atoms with van der Waals surface area (Å²) in [6, 6.07) is 22.0. The van der Waals surface area contributed by atoms with Crippen LogP contribution in [0.15, 0.2) is 95.6 Å². The van der Waals surface area contributed by atoms with E-state index in [0.717, 1.165) is 47.2 Å². The second-order valence-corrected chi connectivity index (χ2v) is 8.63. The largest absolute Gasteiger partial charge is 0.268 e. The van der Waals surface area contributed by atoms with Crippen molar-refractivity contribution in [2.75, 3.05) is 0 Å². The first-order valence-electron chi connectivity index (χ1n) is 11.5. The van der Waals surface area contributed by atoms with Crippen LogP contribution in [-0.2, 0) is 4.79 Å². The van der Waals surface area contributed by atoms with Crippen LogP contribution in [0.5, 0.6) is 0 Å². The summed E-state index contributed by atoms with van der Waals surface area (Å²) in [6.45, 7) is 0. The van der Waals surface area contributed by atoms with Crippen molar-refractivity contribution in [3.63, 3.8) is 0 Å². The molecule has 0 N–H and O–H groups in total. The Morgan fingerprint density at radius 2 is 1.56 bits per heavy atom. The van der Waals surface area contributed by atoms with E-state index >= 15 is 0 Å². The number of hydrogen-bond acceptors (Lipinski definition) is 2. The third kappa shape index (κ3) is 4.60. The van der Waals surface area contributed by atoms with E-state index in [1.54, 1.807) is 30.3 Å². The number of amides is 1. The highest BCUT2D eigenvalue weighted by Crippen LogP contribution is 2.44. The molecule has 1 saturated carbocycles. The fourth-order valence-corrected chi connectivity index (χ4v) is 4.74. The topological polar surface area (TPSA) is 32.7 Å². The molecule has 0 aromatic heterocycles. The maximum Gasteiger partial charge on any atom is 0.267 e. The Morgan fingerprint density at radius 3 is 2.26 bits per heavy atom. The molecule has 3 aromatic carbocycles. The van der Waals surface area contributed by atoms with Gasteiger partial charge in [-0.1, -0.05) is 54.6 Å². The summed E-state index contributed by atoms with van der Waals surface area (Å²) in [5.41, 5.74) is 4.61. The Balaban J connectivity index is 1.51. The molecular formula is C29H24F2N2O. The highest BCUT2D eigenvalue weighted by Gasteiger charge is 2.43. The van der Waals surface area contributed by atoms with Crippen LogP contribution in [0, 0.1) is 17.6 Å². The normalized spacial score (nSPS) is 21.1. The molecule has 1 aliphatic heterocycles. The first kappa shape index (κ1) is 22.0. The molecule has 1 amide bonds. The molecule has 0 radical (unpaired) electrons. The Morgan fingerprint density at radius 1 is 0.882 bits per heavy atom. The number of allylic oxidation sites excluding steroid dienone is 1. The molecule has 0 saturated heterocycles. The zero-order valence-corrected chi connectivity index (χ0v) is 18.6. The van der Waals surface area contributed by atoms with Gasteiger partial charge in [0.05, 0.1) is 11.8 Å².